The summed E-state index contributed by atoms with van der Waals surface area (Å²) in [6, 6.07) is 3.72. The summed E-state index contributed by atoms with van der Waals surface area (Å²) < 4.78 is 11.2. The lowest BCUT2D eigenvalue weighted by Crippen LogP contribution is -2.15. The van der Waals surface area contributed by atoms with Crippen LogP contribution in [0, 0.1) is 5.92 Å². The Morgan fingerprint density at radius 2 is 1.95 bits per heavy atom. The van der Waals surface area contributed by atoms with Gasteiger partial charge in [-0.2, -0.15) is 0 Å². The van der Waals surface area contributed by atoms with Gasteiger partial charge >= 0.3 is 0 Å². The Bertz CT molecular complexity index is 415. The van der Waals surface area contributed by atoms with Crippen molar-refractivity contribution in [1.29, 1.82) is 0 Å². The first-order valence-electron chi connectivity index (χ1n) is 6.79. The van der Waals surface area contributed by atoms with Crippen LogP contribution in [-0.2, 0) is 5.88 Å². The van der Waals surface area contributed by atoms with E-state index in [9.17, 15) is 0 Å². The average Bonchev–Trinajstić information content (AvgIpc) is 2.46. The third-order valence-corrected chi connectivity index (χ3v) is 4.22. The van der Waals surface area contributed by atoms with E-state index in [1.807, 2.05) is 12.1 Å². The van der Waals surface area contributed by atoms with Crippen molar-refractivity contribution in [1.82, 2.24) is 0 Å². The van der Waals surface area contributed by atoms with Crippen molar-refractivity contribution in [3.63, 3.8) is 0 Å². The highest BCUT2D eigenvalue weighted by atomic mass is 35.5. The van der Waals surface area contributed by atoms with E-state index in [2.05, 4.69) is 0 Å². The Labute approximate surface area is 125 Å². The number of halogens is 2. The maximum Gasteiger partial charge on any atom is 0.179 e. The zero-order valence-corrected chi connectivity index (χ0v) is 12.8. The van der Waals surface area contributed by atoms with Crippen LogP contribution < -0.4 is 9.47 Å². The molecule has 0 saturated heterocycles. The summed E-state index contributed by atoms with van der Waals surface area (Å²) in [7, 11) is 1.62. The topological polar surface area (TPSA) is 18.5 Å². The number of benzene rings is 1. The van der Waals surface area contributed by atoms with E-state index < -0.39 is 0 Å². The smallest absolute Gasteiger partial charge is 0.179 e. The quantitative estimate of drug-likeness (QED) is 0.709. The molecule has 1 aromatic rings. The van der Waals surface area contributed by atoms with Gasteiger partial charge in [0.1, 0.15) is 0 Å². The molecular weight excluding hydrogens is 283 g/mol. The second-order valence-corrected chi connectivity index (χ2v) is 5.73. The van der Waals surface area contributed by atoms with Gasteiger partial charge < -0.3 is 9.47 Å². The van der Waals surface area contributed by atoms with Crippen LogP contribution >= 0.6 is 23.2 Å². The molecule has 0 amide bonds. The van der Waals surface area contributed by atoms with Crippen molar-refractivity contribution < 1.29 is 9.47 Å². The zero-order chi connectivity index (χ0) is 13.7. The van der Waals surface area contributed by atoms with Crippen LogP contribution in [-0.4, -0.2) is 13.7 Å². The SMILES string of the molecule is COc1cc(CCl)cc(Cl)c1OCC1CCCCC1. The maximum absolute atomic E-state index is 6.25. The maximum atomic E-state index is 6.25. The fraction of sp³-hybridized carbons (Fsp3) is 0.600. The molecule has 19 heavy (non-hydrogen) atoms. The molecule has 106 valence electrons. The molecule has 1 aliphatic rings. The number of hydrogen-bond acceptors (Lipinski definition) is 2. The minimum absolute atomic E-state index is 0.416. The molecule has 1 saturated carbocycles. The van der Waals surface area contributed by atoms with Crippen LogP contribution in [0.3, 0.4) is 0 Å². The third-order valence-electron chi connectivity index (χ3n) is 3.63. The van der Waals surface area contributed by atoms with Crippen molar-refractivity contribution in [2.45, 2.75) is 38.0 Å². The molecule has 0 aliphatic heterocycles. The number of methoxy groups -OCH3 is 1. The lowest BCUT2D eigenvalue weighted by molar-refractivity contribution is 0.202. The molecule has 4 heteroatoms. The number of rotatable bonds is 5. The molecule has 1 aliphatic carbocycles. The van der Waals surface area contributed by atoms with Crippen LogP contribution in [0.15, 0.2) is 12.1 Å². The van der Waals surface area contributed by atoms with Crippen LogP contribution in [0.25, 0.3) is 0 Å². The first-order chi connectivity index (χ1) is 9.24. The van der Waals surface area contributed by atoms with Crippen molar-refractivity contribution in [3.8, 4) is 11.5 Å². The van der Waals surface area contributed by atoms with Crippen LogP contribution in [0.4, 0.5) is 0 Å². The monoisotopic (exact) mass is 302 g/mol. The van der Waals surface area contributed by atoms with Gasteiger partial charge in [0.15, 0.2) is 11.5 Å². The second-order valence-electron chi connectivity index (χ2n) is 5.06. The molecule has 1 fully saturated rings. The van der Waals surface area contributed by atoms with Gasteiger partial charge in [-0.25, -0.2) is 0 Å². The number of ether oxygens (including phenoxy) is 2. The lowest BCUT2D eigenvalue weighted by atomic mass is 9.90. The van der Waals surface area contributed by atoms with E-state index in [0.29, 0.717) is 28.3 Å². The normalized spacial score (nSPS) is 16.4. The van der Waals surface area contributed by atoms with Gasteiger partial charge in [-0.15, -0.1) is 11.6 Å². The fourth-order valence-electron chi connectivity index (χ4n) is 2.55. The molecule has 0 heterocycles. The van der Waals surface area contributed by atoms with Gasteiger partial charge in [-0.1, -0.05) is 30.9 Å². The average molecular weight is 303 g/mol. The predicted octanol–water partition coefficient (Wildman–Crippen LogP) is 5.05. The van der Waals surface area contributed by atoms with Gasteiger partial charge in [0.25, 0.3) is 0 Å². The first-order valence-corrected chi connectivity index (χ1v) is 7.71. The van der Waals surface area contributed by atoms with E-state index in [1.54, 1.807) is 7.11 Å². The number of alkyl halides is 1. The minimum atomic E-state index is 0.416. The summed E-state index contributed by atoms with van der Waals surface area (Å²) in [5, 5.41) is 0.575. The van der Waals surface area contributed by atoms with Gasteiger partial charge in [-0.3, -0.25) is 0 Å². The Morgan fingerprint density at radius 3 is 2.58 bits per heavy atom. The molecule has 2 nitrogen and oxygen atoms in total. The zero-order valence-electron chi connectivity index (χ0n) is 11.3. The van der Waals surface area contributed by atoms with E-state index in [-0.39, 0.29) is 0 Å². The predicted molar refractivity (Wildman–Crippen MR) is 79.6 cm³/mol. The van der Waals surface area contributed by atoms with Crippen LogP contribution in [0.1, 0.15) is 37.7 Å². The molecule has 0 radical (unpaired) electrons. The highest BCUT2D eigenvalue weighted by Gasteiger charge is 2.17. The van der Waals surface area contributed by atoms with Gasteiger partial charge in [-0.05, 0) is 36.5 Å². The van der Waals surface area contributed by atoms with Crippen molar-refractivity contribution in [3.05, 3.63) is 22.7 Å². The highest BCUT2D eigenvalue weighted by Crippen LogP contribution is 2.37. The summed E-state index contributed by atoms with van der Waals surface area (Å²) >= 11 is 12.1. The summed E-state index contributed by atoms with van der Waals surface area (Å²) in [5.41, 5.74) is 0.938. The van der Waals surface area contributed by atoms with E-state index in [4.69, 9.17) is 32.7 Å². The van der Waals surface area contributed by atoms with E-state index >= 15 is 0 Å². The van der Waals surface area contributed by atoms with Gasteiger partial charge in [0.05, 0.1) is 18.7 Å². The summed E-state index contributed by atoms with van der Waals surface area (Å²) in [6.07, 6.45) is 6.47. The van der Waals surface area contributed by atoms with Gasteiger partial charge in [0.2, 0.25) is 0 Å². The summed E-state index contributed by atoms with van der Waals surface area (Å²) in [4.78, 5) is 0. The fourth-order valence-corrected chi connectivity index (χ4v) is 2.99. The van der Waals surface area contributed by atoms with Gasteiger partial charge in [0, 0.05) is 5.88 Å². The molecular formula is C15H20Cl2O2. The molecule has 1 aromatic carbocycles. The first kappa shape index (κ1) is 14.8. The lowest BCUT2D eigenvalue weighted by Gasteiger charge is -2.22. The molecule has 0 unspecified atom stereocenters. The van der Waals surface area contributed by atoms with E-state index in [0.717, 1.165) is 12.2 Å². The molecule has 2 rings (SSSR count). The second kappa shape index (κ2) is 7.25. The molecule has 0 N–H and O–H groups in total. The van der Waals surface area contributed by atoms with Crippen molar-refractivity contribution >= 4 is 23.2 Å². The minimum Gasteiger partial charge on any atom is -0.493 e. The molecule has 0 spiro atoms. The standard InChI is InChI=1S/C15H20Cl2O2/c1-18-14-8-12(9-16)7-13(17)15(14)19-10-11-5-3-2-4-6-11/h7-8,11H,2-6,9-10H2,1H3. The Kier molecular flexibility index (Phi) is 5.65. The number of hydrogen-bond donors (Lipinski definition) is 0. The Morgan fingerprint density at radius 1 is 1.21 bits per heavy atom. The molecule has 0 bridgehead atoms. The van der Waals surface area contributed by atoms with Crippen molar-refractivity contribution in [2.24, 2.45) is 5.92 Å². The van der Waals surface area contributed by atoms with E-state index in [1.165, 1.54) is 32.1 Å². The third kappa shape index (κ3) is 3.93. The highest BCUT2D eigenvalue weighted by molar-refractivity contribution is 6.32. The molecule has 0 aromatic heterocycles. The van der Waals surface area contributed by atoms with Crippen LogP contribution in [0.5, 0.6) is 11.5 Å². The Hall–Kier alpha value is -0.600. The van der Waals surface area contributed by atoms with Crippen molar-refractivity contribution in [2.75, 3.05) is 13.7 Å². The summed E-state index contributed by atoms with van der Waals surface area (Å²) in [6.45, 7) is 0.719. The largest absolute Gasteiger partial charge is 0.493 e. The summed E-state index contributed by atoms with van der Waals surface area (Å²) in [5.74, 6) is 2.36. The van der Waals surface area contributed by atoms with Crippen LogP contribution in [0.2, 0.25) is 5.02 Å². The molecule has 0 atom stereocenters. The Balaban J connectivity index is 2.05.